The van der Waals surface area contributed by atoms with Crippen LogP contribution in [-0.4, -0.2) is 34.7 Å². The van der Waals surface area contributed by atoms with Gasteiger partial charge in [0.2, 0.25) is 5.91 Å². The number of benzene rings is 1. The van der Waals surface area contributed by atoms with Gasteiger partial charge in [-0.2, -0.15) is 11.8 Å². The second-order valence-electron chi connectivity index (χ2n) is 6.67. The van der Waals surface area contributed by atoms with Crippen LogP contribution in [0.5, 0.6) is 0 Å². The van der Waals surface area contributed by atoms with Crippen molar-refractivity contribution in [1.82, 2.24) is 5.32 Å². The van der Waals surface area contributed by atoms with Crippen LogP contribution in [0.3, 0.4) is 0 Å². The Morgan fingerprint density at radius 3 is 2.82 bits per heavy atom. The topological polar surface area (TPSA) is 41.1 Å². The summed E-state index contributed by atoms with van der Waals surface area (Å²) in [6.07, 6.45) is 0.547. The SMILES string of the molecule is Cc1cc(SC(C)(C)C)ccc1NC(=O)CC1CSCCN1. The monoisotopic (exact) mass is 338 g/mol. The fourth-order valence-electron chi connectivity index (χ4n) is 2.37. The van der Waals surface area contributed by atoms with Gasteiger partial charge >= 0.3 is 0 Å². The van der Waals surface area contributed by atoms with Crippen molar-refractivity contribution in [3.8, 4) is 0 Å². The Morgan fingerprint density at radius 1 is 1.45 bits per heavy atom. The molecule has 122 valence electrons. The summed E-state index contributed by atoms with van der Waals surface area (Å²) in [5, 5.41) is 6.45. The normalized spacial score (nSPS) is 19.0. The first-order valence-electron chi connectivity index (χ1n) is 7.74. The molecule has 1 aliphatic rings. The van der Waals surface area contributed by atoms with E-state index in [9.17, 15) is 4.79 Å². The lowest BCUT2D eigenvalue weighted by molar-refractivity contribution is -0.116. The molecule has 1 aromatic rings. The number of hydrogen-bond donors (Lipinski definition) is 2. The van der Waals surface area contributed by atoms with Crippen LogP contribution in [0.2, 0.25) is 0 Å². The van der Waals surface area contributed by atoms with Gasteiger partial charge in [-0.15, -0.1) is 11.8 Å². The number of carbonyl (C=O) groups is 1. The Kier molecular flexibility index (Phi) is 6.24. The zero-order chi connectivity index (χ0) is 16.2. The minimum atomic E-state index is 0.0966. The summed E-state index contributed by atoms with van der Waals surface area (Å²) in [7, 11) is 0. The van der Waals surface area contributed by atoms with Crippen LogP contribution >= 0.6 is 23.5 Å². The fraction of sp³-hybridized carbons (Fsp3) is 0.588. The Hall–Kier alpha value is -0.650. The van der Waals surface area contributed by atoms with Gasteiger partial charge < -0.3 is 10.6 Å². The molecule has 5 heteroatoms. The Labute approximate surface area is 142 Å². The van der Waals surface area contributed by atoms with Gasteiger partial charge in [0, 0.05) is 45.8 Å². The maximum Gasteiger partial charge on any atom is 0.225 e. The van der Waals surface area contributed by atoms with Crippen LogP contribution < -0.4 is 10.6 Å². The number of rotatable bonds is 4. The molecule has 2 N–H and O–H groups in total. The van der Waals surface area contributed by atoms with E-state index < -0.39 is 0 Å². The van der Waals surface area contributed by atoms with Crippen molar-refractivity contribution in [2.45, 2.75) is 49.8 Å². The highest BCUT2D eigenvalue weighted by molar-refractivity contribution is 8.00. The van der Waals surface area contributed by atoms with Gasteiger partial charge in [0.15, 0.2) is 0 Å². The molecule has 1 aromatic carbocycles. The summed E-state index contributed by atoms with van der Waals surface area (Å²) in [5.74, 6) is 2.26. The highest BCUT2D eigenvalue weighted by Crippen LogP contribution is 2.33. The van der Waals surface area contributed by atoms with Crippen molar-refractivity contribution >= 4 is 35.1 Å². The average Bonchev–Trinajstić information content (AvgIpc) is 2.41. The van der Waals surface area contributed by atoms with Crippen molar-refractivity contribution in [3.05, 3.63) is 23.8 Å². The number of anilines is 1. The van der Waals surface area contributed by atoms with Crippen LogP contribution in [0.15, 0.2) is 23.1 Å². The van der Waals surface area contributed by atoms with E-state index >= 15 is 0 Å². The summed E-state index contributed by atoms with van der Waals surface area (Å²) in [6.45, 7) is 9.67. The highest BCUT2D eigenvalue weighted by Gasteiger charge is 2.17. The number of thioether (sulfide) groups is 2. The lowest BCUT2D eigenvalue weighted by Crippen LogP contribution is -2.39. The molecule has 0 saturated carbocycles. The zero-order valence-electron chi connectivity index (χ0n) is 13.9. The van der Waals surface area contributed by atoms with Gasteiger partial charge in [-0.3, -0.25) is 4.79 Å². The molecule has 1 saturated heterocycles. The summed E-state index contributed by atoms with van der Waals surface area (Å²) in [5.41, 5.74) is 2.04. The smallest absolute Gasteiger partial charge is 0.225 e. The molecule has 22 heavy (non-hydrogen) atoms. The predicted octanol–water partition coefficient (Wildman–Crippen LogP) is 3.92. The van der Waals surface area contributed by atoms with Crippen LogP contribution in [0, 0.1) is 6.92 Å². The summed E-state index contributed by atoms with van der Waals surface area (Å²) in [4.78, 5) is 13.4. The maximum absolute atomic E-state index is 12.2. The second kappa shape index (κ2) is 7.75. The largest absolute Gasteiger partial charge is 0.326 e. The minimum Gasteiger partial charge on any atom is -0.326 e. The molecule has 1 amide bonds. The van der Waals surface area contributed by atoms with Gasteiger partial charge in [-0.25, -0.2) is 0 Å². The summed E-state index contributed by atoms with van der Waals surface area (Å²) >= 11 is 3.76. The van der Waals surface area contributed by atoms with E-state index in [4.69, 9.17) is 0 Å². The van der Waals surface area contributed by atoms with E-state index in [1.54, 1.807) is 0 Å². The summed E-state index contributed by atoms with van der Waals surface area (Å²) in [6, 6.07) is 6.56. The molecule has 0 radical (unpaired) electrons. The standard InChI is InChI=1S/C17H26N2OS2/c1-12-9-14(22-17(2,3)4)5-6-15(12)19-16(20)10-13-11-21-8-7-18-13/h5-6,9,13,18H,7-8,10-11H2,1-4H3,(H,19,20). The lowest BCUT2D eigenvalue weighted by Gasteiger charge is -2.23. The predicted molar refractivity (Wildman–Crippen MR) is 99.2 cm³/mol. The third kappa shape index (κ3) is 5.86. The van der Waals surface area contributed by atoms with Crippen molar-refractivity contribution in [2.24, 2.45) is 0 Å². The van der Waals surface area contributed by atoms with E-state index in [1.807, 2.05) is 29.6 Å². The number of hydrogen-bond acceptors (Lipinski definition) is 4. The first-order chi connectivity index (χ1) is 10.3. The molecule has 0 aromatic heterocycles. The molecule has 1 heterocycles. The third-order valence-corrected chi connectivity index (χ3v) is 5.56. The van der Waals surface area contributed by atoms with Crippen LogP contribution in [0.25, 0.3) is 0 Å². The van der Waals surface area contributed by atoms with Gasteiger partial charge in [-0.05, 0) is 30.7 Å². The van der Waals surface area contributed by atoms with E-state index in [0.717, 1.165) is 29.3 Å². The first-order valence-corrected chi connectivity index (χ1v) is 9.71. The van der Waals surface area contributed by atoms with Crippen LogP contribution in [0.4, 0.5) is 5.69 Å². The molecule has 1 aliphatic heterocycles. The third-order valence-electron chi connectivity index (χ3n) is 3.33. The highest BCUT2D eigenvalue weighted by atomic mass is 32.2. The number of nitrogens with one attached hydrogen (secondary N) is 2. The van der Waals surface area contributed by atoms with Gasteiger partial charge in [-0.1, -0.05) is 20.8 Å². The van der Waals surface area contributed by atoms with Gasteiger partial charge in [0.1, 0.15) is 0 Å². The van der Waals surface area contributed by atoms with Crippen LogP contribution in [-0.2, 0) is 4.79 Å². The molecule has 1 atom stereocenters. The Balaban J connectivity index is 1.93. The quantitative estimate of drug-likeness (QED) is 0.817. The lowest BCUT2D eigenvalue weighted by atomic mass is 10.1. The van der Waals surface area contributed by atoms with Crippen molar-refractivity contribution in [1.29, 1.82) is 0 Å². The Morgan fingerprint density at radius 2 is 2.23 bits per heavy atom. The van der Waals surface area contributed by atoms with Gasteiger partial charge in [0.05, 0.1) is 0 Å². The number of amides is 1. The van der Waals surface area contributed by atoms with Crippen LogP contribution in [0.1, 0.15) is 32.8 Å². The van der Waals surface area contributed by atoms with Crippen molar-refractivity contribution in [2.75, 3.05) is 23.4 Å². The molecule has 0 aliphatic carbocycles. The first kappa shape index (κ1) is 17.7. The zero-order valence-corrected chi connectivity index (χ0v) is 15.5. The molecule has 0 bridgehead atoms. The molecule has 1 fully saturated rings. The molecular formula is C17H26N2OS2. The minimum absolute atomic E-state index is 0.0966. The van der Waals surface area contributed by atoms with Gasteiger partial charge in [0.25, 0.3) is 0 Å². The molecule has 1 unspecified atom stereocenters. The molecule has 3 nitrogen and oxygen atoms in total. The molecule has 2 rings (SSSR count). The molecule has 0 spiro atoms. The summed E-state index contributed by atoms with van der Waals surface area (Å²) < 4.78 is 0.196. The average molecular weight is 339 g/mol. The van der Waals surface area contributed by atoms with Crippen molar-refractivity contribution < 1.29 is 4.79 Å². The number of carbonyl (C=O) groups excluding carboxylic acids is 1. The van der Waals surface area contributed by atoms with E-state index in [1.165, 1.54) is 4.90 Å². The van der Waals surface area contributed by atoms with E-state index in [-0.39, 0.29) is 10.7 Å². The number of aryl methyl sites for hydroxylation is 1. The van der Waals surface area contributed by atoms with E-state index in [2.05, 4.69) is 50.5 Å². The fourth-order valence-corrected chi connectivity index (χ4v) is 4.40. The van der Waals surface area contributed by atoms with E-state index in [0.29, 0.717) is 12.5 Å². The van der Waals surface area contributed by atoms with Crippen molar-refractivity contribution in [3.63, 3.8) is 0 Å². The maximum atomic E-state index is 12.2. The molecular weight excluding hydrogens is 312 g/mol. The second-order valence-corrected chi connectivity index (χ2v) is 9.72. The Bertz CT molecular complexity index is 520.